The van der Waals surface area contributed by atoms with Crippen molar-refractivity contribution in [3.05, 3.63) is 111 Å². The van der Waals surface area contributed by atoms with E-state index in [1.165, 1.54) is 27.8 Å². The fraction of sp³-hybridized carbons (Fsp3) is 0.382. The van der Waals surface area contributed by atoms with Gasteiger partial charge in [0.1, 0.15) is 0 Å². The van der Waals surface area contributed by atoms with E-state index in [1.54, 1.807) is 41.3 Å². The molecule has 0 aliphatic carbocycles. The molecule has 13 heteroatoms. The molecule has 3 aromatic carbocycles. The van der Waals surface area contributed by atoms with Crippen molar-refractivity contribution in [2.24, 2.45) is 0 Å². The molecule has 3 heterocycles. The number of nitro groups is 1. The average Bonchev–Trinajstić information content (AvgIpc) is 3.40. The molecule has 10 nitrogen and oxygen atoms in total. The van der Waals surface area contributed by atoms with Gasteiger partial charge in [-0.2, -0.15) is 13.2 Å². The van der Waals surface area contributed by atoms with Gasteiger partial charge in [-0.3, -0.25) is 19.8 Å². The summed E-state index contributed by atoms with van der Waals surface area (Å²) < 4.78 is 56.9. The molecular weight excluding hydrogens is 617 g/mol. The standard InChI is InChI=1S/C34H35F3N4O6/c1-23-46-31(47-23)14-9-24-7-10-26(11-8-24)32(42)39-17-15-38(16-18-39)22-33(43,34(35,36)37)29-21-40(20-25-5-3-2-4-6-25)30-19-27(41(44)45)12-13-28(29)30/h2-8,10-13,19,21,23,31,43H,9,14-18,20,22H2,1H3. The second kappa shape index (κ2) is 13.1. The van der Waals surface area contributed by atoms with Crippen molar-refractivity contribution in [1.82, 2.24) is 14.4 Å². The number of hydrogen-bond acceptors (Lipinski definition) is 7. The molecule has 0 bridgehead atoms. The molecule has 248 valence electrons. The number of carbonyl (C=O) groups excluding carboxylic acids is 1. The van der Waals surface area contributed by atoms with Crippen molar-refractivity contribution >= 4 is 22.5 Å². The third kappa shape index (κ3) is 6.89. The Morgan fingerprint density at radius 3 is 2.28 bits per heavy atom. The Morgan fingerprint density at radius 2 is 1.66 bits per heavy atom. The maximum atomic E-state index is 14.8. The van der Waals surface area contributed by atoms with Gasteiger partial charge in [-0.05, 0) is 42.7 Å². The van der Waals surface area contributed by atoms with Crippen LogP contribution < -0.4 is 0 Å². The fourth-order valence-corrected chi connectivity index (χ4v) is 6.25. The first-order valence-corrected chi connectivity index (χ1v) is 15.4. The molecular formula is C34H35F3N4O6. The van der Waals surface area contributed by atoms with Crippen LogP contribution in [-0.2, 0) is 28.0 Å². The van der Waals surface area contributed by atoms with Gasteiger partial charge in [-0.25, -0.2) is 0 Å². The number of rotatable bonds is 10. The quantitative estimate of drug-likeness (QED) is 0.179. The first-order valence-electron chi connectivity index (χ1n) is 15.4. The van der Waals surface area contributed by atoms with Crippen LogP contribution in [0.2, 0.25) is 0 Å². The van der Waals surface area contributed by atoms with E-state index >= 15 is 0 Å². The molecule has 1 unspecified atom stereocenters. The SMILES string of the molecule is CC1OC(CCc2ccc(C(=O)N3CCN(CC(O)(c4cn(Cc5ccccc5)c5cc([N+](=O)[O-])ccc45)C(F)(F)F)CC3)cc2)O1. The van der Waals surface area contributed by atoms with E-state index in [0.29, 0.717) is 12.0 Å². The number of benzene rings is 3. The summed E-state index contributed by atoms with van der Waals surface area (Å²) in [6, 6.07) is 19.9. The Hall–Kier alpha value is -4.30. The number of aliphatic hydroxyl groups is 1. The predicted octanol–water partition coefficient (Wildman–Crippen LogP) is 5.46. The van der Waals surface area contributed by atoms with Crippen molar-refractivity contribution in [3.8, 4) is 0 Å². The molecule has 2 aliphatic heterocycles. The smallest absolute Gasteiger partial charge is 0.375 e. The van der Waals surface area contributed by atoms with Gasteiger partial charge in [-0.1, -0.05) is 42.5 Å². The molecule has 2 aliphatic rings. The summed E-state index contributed by atoms with van der Waals surface area (Å²) >= 11 is 0. The molecule has 0 saturated carbocycles. The van der Waals surface area contributed by atoms with E-state index in [-0.39, 0.29) is 73.4 Å². The number of ether oxygens (including phenoxy) is 2. The van der Waals surface area contributed by atoms with Gasteiger partial charge >= 0.3 is 6.18 Å². The summed E-state index contributed by atoms with van der Waals surface area (Å²) in [6.45, 7) is 1.83. The van der Waals surface area contributed by atoms with Crippen molar-refractivity contribution in [1.29, 1.82) is 0 Å². The lowest BCUT2D eigenvalue weighted by atomic mass is 9.91. The number of fused-ring (bicyclic) bond motifs is 1. The number of nitrogens with zero attached hydrogens (tertiary/aromatic N) is 4. The van der Waals surface area contributed by atoms with Crippen LogP contribution in [0, 0.1) is 10.1 Å². The number of amides is 1. The van der Waals surface area contributed by atoms with Crippen LogP contribution in [-0.4, -0.2) is 81.8 Å². The zero-order valence-corrected chi connectivity index (χ0v) is 25.7. The molecule has 1 atom stereocenters. The minimum Gasteiger partial charge on any atom is -0.375 e. The molecule has 4 aromatic rings. The van der Waals surface area contributed by atoms with E-state index < -0.39 is 23.2 Å². The molecule has 6 rings (SSSR count). The maximum absolute atomic E-state index is 14.8. The zero-order valence-electron chi connectivity index (χ0n) is 25.7. The number of non-ortho nitro benzene ring substituents is 1. The summed E-state index contributed by atoms with van der Waals surface area (Å²) in [4.78, 5) is 27.2. The maximum Gasteiger partial charge on any atom is 0.422 e. The van der Waals surface area contributed by atoms with Crippen LogP contribution in [0.1, 0.15) is 40.4 Å². The molecule has 2 fully saturated rings. The van der Waals surface area contributed by atoms with Crippen molar-refractivity contribution in [2.75, 3.05) is 32.7 Å². The molecule has 0 radical (unpaired) electrons. The molecule has 1 aromatic heterocycles. The van der Waals surface area contributed by atoms with Crippen LogP contribution >= 0.6 is 0 Å². The number of hydrogen-bond donors (Lipinski definition) is 1. The number of aryl methyl sites for hydroxylation is 1. The van der Waals surface area contributed by atoms with Crippen LogP contribution in [0.3, 0.4) is 0 Å². The fourth-order valence-electron chi connectivity index (χ4n) is 6.25. The highest BCUT2D eigenvalue weighted by atomic mass is 19.4. The van der Waals surface area contributed by atoms with E-state index in [0.717, 1.165) is 23.6 Å². The van der Waals surface area contributed by atoms with E-state index in [9.17, 15) is 33.2 Å². The third-order valence-electron chi connectivity index (χ3n) is 8.86. The predicted molar refractivity (Wildman–Crippen MR) is 167 cm³/mol. The lowest BCUT2D eigenvalue weighted by molar-refractivity contribution is -0.384. The van der Waals surface area contributed by atoms with E-state index in [1.807, 2.05) is 25.1 Å². The monoisotopic (exact) mass is 652 g/mol. The van der Waals surface area contributed by atoms with Gasteiger partial charge < -0.3 is 24.0 Å². The first kappa shape index (κ1) is 32.6. The Balaban J connectivity index is 1.17. The number of nitro benzene ring substituents is 1. The first-order chi connectivity index (χ1) is 22.4. The largest absolute Gasteiger partial charge is 0.422 e. The van der Waals surface area contributed by atoms with Gasteiger partial charge in [0.2, 0.25) is 5.60 Å². The number of carbonyl (C=O) groups is 1. The number of alkyl halides is 3. The highest BCUT2D eigenvalue weighted by Crippen LogP contribution is 2.44. The number of β-amino-alcohol motifs (C(OH)–C–C–N with tert-alkyl or cyclic N) is 1. The molecule has 2 saturated heterocycles. The van der Waals surface area contributed by atoms with Crippen LogP contribution in [0.25, 0.3) is 10.9 Å². The van der Waals surface area contributed by atoms with Crippen molar-refractivity contribution in [3.63, 3.8) is 0 Å². The van der Waals surface area contributed by atoms with Gasteiger partial charge in [0.05, 0.1) is 10.4 Å². The van der Waals surface area contributed by atoms with Gasteiger partial charge in [-0.15, -0.1) is 0 Å². The summed E-state index contributed by atoms with van der Waals surface area (Å²) in [5.41, 5.74) is -1.42. The number of aromatic nitrogens is 1. The van der Waals surface area contributed by atoms with Crippen LogP contribution in [0.5, 0.6) is 0 Å². The summed E-state index contributed by atoms with van der Waals surface area (Å²) in [6.07, 6.45) is -2.78. The highest BCUT2D eigenvalue weighted by molar-refractivity contribution is 5.94. The van der Waals surface area contributed by atoms with E-state index in [4.69, 9.17) is 9.47 Å². The summed E-state index contributed by atoms with van der Waals surface area (Å²) in [5.74, 6) is -0.215. The van der Waals surface area contributed by atoms with Crippen molar-refractivity contribution in [2.45, 2.75) is 50.7 Å². The Labute approximate surface area is 269 Å². The average molecular weight is 653 g/mol. The normalized spacial score (nSPS) is 20.1. The van der Waals surface area contributed by atoms with E-state index in [2.05, 4.69) is 0 Å². The van der Waals surface area contributed by atoms with Crippen LogP contribution in [0.4, 0.5) is 18.9 Å². The Kier molecular flexibility index (Phi) is 9.07. The molecule has 1 amide bonds. The third-order valence-corrected chi connectivity index (χ3v) is 8.86. The van der Waals surface area contributed by atoms with Gasteiger partial charge in [0, 0.05) is 80.5 Å². The highest BCUT2D eigenvalue weighted by Gasteiger charge is 2.57. The lowest BCUT2D eigenvalue weighted by Gasteiger charge is -2.40. The molecule has 1 N–H and O–H groups in total. The number of halogens is 3. The van der Waals surface area contributed by atoms with Crippen molar-refractivity contribution < 1.29 is 37.5 Å². The Bertz CT molecular complexity index is 1730. The topological polar surface area (TPSA) is 110 Å². The van der Waals surface area contributed by atoms with Gasteiger partial charge in [0.15, 0.2) is 12.6 Å². The van der Waals surface area contributed by atoms with Crippen LogP contribution in [0.15, 0.2) is 79.0 Å². The number of piperazine rings is 1. The second-order valence-corrected chi connectivity index (χ2v) is 12.0. The summed E-state index contributed by atoms with van der Waals surface area (Å²) in [5, 5.41) is 23.1. The minimum atomic E-state index is -5.07. The molecule has 0 spiro atoms. The van der Waals surface area contributed by atoms with Gasteiger partial charge in [0.25, 0.3) is 11.6 Å². The minimum absolute atomic E-state index is 0.0749. The summed E-state index contributed by atoms with van der Waals surface area (Å²) in [7, 11) is 0. The molecule has 47 heavy (non-hydrogen) atoms. The zero-order chi connectivity index (χ0) is 33.3. The Morgan fingerprint density at radius 1 is 0.979 bits per heavy atom. The second-order valence-electron chi connectivity index (χ2n) is 12.0. The lowest BCUT2D eigenvalue weighted by Crippen LogP contribution is -2.56.